The molecule has 0 unspecified atom stereocenters. The van der Waals surface area contributed by atoms with Crippen LogP contribution in [0.25, 0.3) is 11.0 Å². The van der Waals surface area contributed by atoms with Crippen LogP contribution in [0.5, 0.6) is 0 Å². The van der Waals surface area contributed by atoms with Crippen molar-refractivity contribution < 1.29 is 9.90 Å². The van der Waals surface area contributed by atoms with Crippen LogP contribution in [-0.4, -0.2) is 46.8 Å². The summed E-state index contributed by atoms with van der Waals surface area (Å²) in [4.78, 5) is 17.7. The highest BCUT2D eigenvalue weighted by molar-refractivity contribution is 5.82. The van der Waals surface area contributed by atoms with Crippen LogP contribution in [0.2, 0.25) is 0 Å². The van der Waals surface area contributed by atoms with Gasteiger partial charge in [0.25, 0.3) is 0 Å². The summed E-state index contributed by atoms with van der Waals surface area (Å²) in [7, 11) is 0. The molecule has 1 saturated heterocycles. The van der Waals surface area contributed by atoms with Gasteiger partial charge in [-0.15, -0.1) is 0 Å². The molecular weight excluding hydrogens is 256 g/mol. The summed E-state index contributed by atoms with van der Waals surface area (Å²) in [6.45, 7) is 5.75. The van der Waals surface area contributed by atoms with E-state index in [1.165, 1.54) is 0 Å². The number of aliphatic carboxylic acids is 1. The van der Waals surface area contributed by atoms with E-state index < -0.39 is 5.97 Å². The van der Waals surface area contributed by atoms with E-state index in [2.05, 4.69) is 15.2 Å². The Morgan fingerprint density at radius 2 is 2.15 bits per heavy atom. The van der Waals surface area contributed by atoms with Crippen molar-refractivity contribution in [3.05, 3.63) is 24.0 Å². The Hall–Kier alpha value is -2.08. The summed E-state index contributed by atoms with van der Waals surface area (Å²) in [5.41, 5.74) is 2.89. The predicted molar refractivity (Wildman–Crippen MR) is 77.2 cm³/mol. The number of carbonyl (C=O) groups is 1. The van der Waals surface area contributed by atoms with Crippen LogP contribution < -0.4 is 10.2 Å². The maximum Gasteiger partial charge on any atom is 0.323 e. The van der Waals surface area contributed by atoms with Gasteiger partial charge in [-0.05, 0) is 25.1 Å². The largest absolute Gasteiger partial charge is 0.480 e. The monoisotopic (exact) mass is 274 g/mol. The fourth-order valence-electron chi connectivity index (χ4n) is 2.69. The molecule has 20 heavy (non-hydrogen) atoms. The molecule has 0 saturated carbocycles. The average Bonchev–Trinajstić information content (AvgIpc) is 2.75. The number of benzene rings is 1. The first-order valence-corrected chi connectivity index (χ1v) is 6.79. The molecule has 3 rings (SSSR count). The second kappa shape index (κ2) is 5.13. The number of carboxylic acids is 1. The van der Waals surface area contributed by atoms with E-state index in [4.69, 9.17) is 5.11 Å². The van der Waals surface area contributed by atoms with Gasteiger partial charge in [0.1, 0.15) is 12.4 Å². The molecule has 1 aromatic heterocycles. The van der Waals surface area contributed by atoms with E-state index in [0.717, 1.165) is 48.7 Å². The summed E-state index contributed by atoms with van der Waals surface area (Å²) < 4.78 is 1.74. The van der Waals surface area contributed by atoms with E-state index in [1.54, 1.807) is 4.57 Å². The molecule has 0 amide bonds. The number of nitrogens with one attached hydrogen (secondary N) is 1. The number of piperazine rings is 1. The fourth-order valence-corrected chi connectivity index (χ4v) is 2.69. The molecule has 6 nitrogen and oxygen atoms in total. The van der Waals surface area contributed by atoms with Crippen molar-refractivity contribution in [2.75, 3.05) is 31.1 Å². The van der Waals surface area contributed by atoms with Gasteiger partial charge in [-0.1, -0.05) is 0 Å². The standard InChI is InChI=1S/C14H18N4O2/c1-10-16-12-8-11(17-6-4-15-5-7-17)2-3-13(12)18(10)9-14(19)20/h2-3,8,15H,4-7,9H2,1H3,(H,19,20). The molecular formula is C14H18N4O2. The smallest absolute Gasteiger partial charge is 0.323 e. The summed E-state index contributed by atoms with van der Waals surface area (Å²) >= 11 is 0. The van der Waals surface area contributed by atoms with Gasteiger partial charge in [-0.25, -0.2) is 4.98 Å². The van der Waals surface area contributed by atoms with Gasteiger partial charge < -0.3 is 19.9 Å². The average molecular weight is 274 g/mol. The molecule has 106 valence electrons. The quantitative estimate of drug-likeness (QED) is 0.868. The normalized spacial score (nSPS) is 15.8. The molecule has 0 aliphatic carbocycles. The molecule has 1 aliphatic heterocycles. The Kier molecular flexibility index (Phi) is 3.31. The Balaban J connectivity index is 1.97. The van der Waals surface area contributed by atoms with Crippen LogP contribution >= 0.6 is 0 Å². The molecule has 1 fully saturated rings. The van der Waals surface area contributed by atoms with Crippen molar-refractivity contribution >= 4 is 22.7 Å². The van der Waals surface area contributed by atoms with Gasteiger partial charge in [0.2, 0.25) is 0 Å². The molecule has 2 aromatic rings. The van der Waals surface area contributed by atoms with E-state index in [0.29, 0.717) is 0 Å². The predicted octanol–water partition coefficient (Wildman–Crippen LogP) is 0.839. The minimum absolute atomic E-state index is 0.0463. The number of imidazole rings is 1. The molecule has 2 heterocycles. The van der Waals surface area contributed by atoms with Gasteiger partial charge in [-0.3, -0.25) is 4.79 Å². The number of nitrogens with zero attached hydrogens (tertiary/aromatic N) is 3. The third-order valence-corrected chi connectivity index (χ3v) is 3.70. The zero-order valence-electron chi connectivity index (χ0n) is 11.5. The summed E-state index contributed by atoms with van der Waals surface area (Å²) in [5.74, 6) is -0.113. The first kappa shape index (κ1) is 12.9. The van der Waals surface area contributed by atoms with Crippen molar-refractivity contribution in [3.63, 3.8) is 0 Å². The van der Waals surface area contributed by atoms with Crippen LogP contribution in [0.1, 0.15) is 5.82 Å². The number of hydrogen-bond acceptors (Lipinski definition) is 4. The van der Waals surface area contributed by atoms with Crippen LogP contribution in [0.3, 0.4) is 0 Å². The highest BCUT2D eigenvalue weighted by Crippen LogP contribution is 2.23. The van der Waals surface area contributed by atoms with E-state index in [1.807, 2.05) is 25.1 Å². The van der Waals surface area contributed by atoms with Gasteiger partial charge in [0.05, 0.1) is 11.0 Å². The minimum Gasteiger partial charge on any atom is -0.480 e. The number of rotatable bonds is 3. The SMILES string of the molecule is Cc1nc2cc(N3CCNCC3)ccc2n1CC(=O)O. The van der Waals surface area contributed by atoms with Gasteiger partial charge in [-0.2, -0.15) is 0 Å². The minimum atomic E-state index is -0.849. The molecule has 6 heteroatoms. The number of hydrogen-bond donors (Lipinski definition) is 2. The number of aromatic nitrogens is 2. The Morgan fingerprint density at radius 1 is 1.40 bits per heavy atom. The molecule has 0 atom stereocenters. The number of fused-ring (bicyclic) bond motifs is 1. The molecule has 0 bridgehead atoms. The number of aryl methyl sites for hydroxylation is 1. The number of anilines is 1. The zero-order chi connectivity index (χ0) is 14.1. The van der Waals surface area contributed by atoms with Crippen LogP contribution in [0.4, 0.5) is 5.69 Å². The topological polar surface area (TPSA) is 70.4 Å². The molecule has 2 N–H and O–H groups in total. The lowest BCUT2D eigenvalue weighted by Crippen LogP contribution is -2.43. The third kappa shape index (κ3) is 2.34. The van der Waals surface area contributed by atoms with Crippen molar-refractivity contribution in [2.24, 2.45) is 0 Å². The molecule has 0 spiro atoms. The van der Waals surface area contributed by atoms with Gasteiger partial charge >= 0.3 is 5.97 Å². The van der Waals surface area contributed by atoms with Crippen LogP contribution in [-0.2, 0) is 11.3 Å². The lowest BCUT2D eigenvalue weighted by Gasteiger charge is -2.29. The second-order valence-electron chi connectivity index (χ2n) is 5.05. The molecule has 1 aromatic carbocycles. The van der Waals surface area contributed by atoms with Crippen molar-refractivity contribution in [3.8, 4) is 0 Å². The summed E-state index contributed by atoms with van der Waals surface area (Å²) in [5, 5.41) is 12.3. The molecule has 1 aliphatic rings. The Labute approximate surface area is 117 Å². The first-order chi connectivity index (χ1) is 9.65. The Morgan fingerprint density at radius 3 is 2.85 bits per heavy atom. The van der Waals surface area contributed by atoms with E-state index >= 15 is 0 Å². The van der Waals surface area contributed by atoms with E-state index in [-0.39, 0.29) is 6.54 Å². The lowest BCUT2D eigenvalue weighted by atomic mass is 10.2. The zero-order valence-corrected chi connectivity index (χ0v) is 11.5. The van der Waals surface area contributed by atoms with Crippen molar-refractivity contribution in [1.82, 2.24) is 14.9 Å². The van der Waals surface area contributed by atoms with Crippen molar-refractivity contribution in [2.45, 2.75) is 13.5 Å². The summed E-state index contributed by atoms with van der Waals surface area (Å²) in [6, 6.07) is 6.06. The lowest BCUT2D eigenvalue weighted by molar-refractivity contribution is -0.137. The maximum absolute atomic E-state index is 10.9. The second-order valence-corrected chi connectivity index (χ2v) is 5.05. The first-order valence-electron chi connectivity index (χ1n) is 6.79. The van der Waals surface area contributed by atoms with Crippen molar-refractivity contribution in [1.29, 1.82) is 0 Å². The molecule has 0 radical (unpaired) electrons. The highest BCUT2D eigenvalue weighted by Gasteiger charge is 2.14. The summed E-state index contributed by atoms with van der Waals surface area (Å²) in [6.07, 6.45) is 0. The Bertz CT molecular complexity index is 644. The third-order valence-electron chi connectivity index (χ3n) is 3.70. The van der Waals surface area contributed by atoms with E-state index in [9.17, 15) is 4.79 Å². The maximum atomic E-state index is 10.9. The van der Waals surface area contributed by atoms with Gasteiger partial charge in [0, 0.05) is 31.9 Å². The van der Waals surface area contributed by atoms with Gasteiger partial charge in [0.15, 0.2) is 0 Å². The number of carboxylic acid groups (broad SMARTS) is 1. The van der Waals surface area contributed by atoms with Crippen LogP contribution in [0, 0.1) is 6.92 Å². The fraction of sp³-hybridized carbons (Fsp3) is 0.429. The highest BCUT2D eigenvalue weighted by atomic mass is 16.4. The van der Waals surface area contributed by atoms with Crippen LogP contribution in [0.15, 0.2) is 18.2 Å².